The number of nitro groups is 2. The third-order valence-electron chi connectivity index (χ3n) is 3.24. The highest BCUT2D eigenvalue weighted by Crippen LogP contribution is 2.33. The Bertz CT molecular complexity index is 533. The van der Waals surface area contributed by atoms with E-state index < -0.39 is 21.6 Å². The molecule has 1 aromatic carbocycles. The maximum absolute atomic E-state index is 11.0. The summed E-state index contributed by atoms with van der Waals surface area (Å²) >= 11 is 0. The van der Waals surface area contributed by atoms with E-state index in [0.29, 0.717) is 19.3 Å². The molecule has 1 aromatic rings. The minimum Gasteiger partial charge on any atom is -0.483 e. The van der Waals surface area contributed by atoms with Crippen LogP contribution >= 0.6 is 0 Å². The molecular formula is C12H14N2O6. The molecule has 0 radical (unpaired) electrons. The average Bonchev–Trinajstić information content (AvgIpc) is 2.38. The van der Waals surface area contributed by atoms with Crippen LogP contribution in [-0.2, 0) is 0 Å². The number of benzene rings is 1. The Hall–Kier alpha value is -2.22. The molecule has 1 saturated carbocycles. The van der Waals surface area contributed by atoms with Crippen LogP contribution in [0.4, 0.5) is 11.4 Å². The maximum Gasteiger partial charge on any atom is 0.317 e. The summed E-state index contributed by atoms with van der Waals surface area (Å²) in [5, 5.41) is 31.1. The van der Waals surface area contributed by atoms with Crippen LogP contribution in [0.25, 0.3) is 0 Å². The first-order chi connectivity index (χ1) is 9.47. The summed E-state index contributed by atoms with van der Waals surface area (Å²) < 4.78 is 5.53. The van der Waals surface area contributed by atoms with Crippen LogP contribution in [0, 0.1) is 20.2 Å². The molecule has 20 heavy (non-hydrogen) atoms. The average molecular weight is 282 g/mol. The van der Waals surface area contributed by atoms with E-state index in [2.05, 4.69) is 0 Å². The zero-order valence-electron chi connectivity index (χ0n) is 10.6. The first kappa shape index (κ1) is 14.2. The van der Waals surface area contributed by atoms with Crippen molar-refractivity contribution in [3.05, 3.63) is 38.4 Å². The predicted octanol–water partition coefficient (Wildman–Crippen LogP) is 2.19. The lowest BCUT2D eigenvalue weighted by molar-refractivity contribution is -0.394. The maximum atomic E-state index is 11.0. The summed E-state index contributed by atoms with van der Waals surface area (Å²) in [5.74, 6) is -0.000278. The monoisotopic (exact) mass is 282 g/mol. The Morgan fingerprint density at radius 3 is 2.55 bits per heavy atom. The van der Waals surface area contributed by atoms with Gasteiger partial charge in [-0.1, -0.05) is 0 Å². The predicted molar refractivity (Wildman–Crippen MR) is 68.6 cm³/mol. The molecule has 2 rings (SSSR count). The van der Waals surface area contributed by atoms with E-state index in [1.54, 1.807) is 0 Å². The lowest BCUT2D eigenvalue weighted by Gasteiger charge is -2.26. The number of hydrogen-bond acceptors (Lipinski definition) is 6. The highest BCUT2D eigenvalue weighted by molar-refractivity contribution is 5.53. The van der Waals surface area contributed by atoms with Crippen LogP contribution in [0.5, 0.6) is 5.75 Å². The van der Waals surface area contributed by atoms with Gasteiger partial charge in [-0.15, -0.1) is 0 Å². The fourth-order valence-corrected chi connectivity index (χ4v) is 2.27. The van der Waals surface area contributed by atoms with E-state index in [9.17, 15) is 25.3 Å². The van der Waals surface area contributed by atoms with Gasteiger partial charge in [0.05, 0.1) is 22.0 Å². The molecule has 0 amide bonds. The van der Waals surface area contributed by atoms with Crippen molar-refractivity contribution in [2.75, 3.05) is 0 Å². The Labute approximate surface area is 114 Å². The number of nitro benzene ring substituents is 2. The zero-order valence-corrected chi connectivity index (χ0v) is 10.6. The van der Waals surface area contributed by atoms with Crippen molar-refractivity contribution in [2.45, 2.75) is 37.9 Å². The second-order valence-corrected chi connectivity index (χ2v) is 4.73. The van der Waals surface area contributed by atoms with Crippen LogP contribution < -0.4 is 4.74 Å². The van der Waals surface area contributed by atoms with E-state index in [4.69, 9.17) is 4.74 Å². The number of rotatable bonds is 4. The van der Waals surface area contributed by atoms with Crippen molar-refractivity contribution in [2.24, 2.45) is 0 Å². The number of aliphatic hydroxyl groups is 1. The molecule has 1 N–H and O–H groups in total. The fourth-order valence-electron chi connectivity index (χ4n) is 2.27. The number of non-ortho nitro benzene ring substituents is 1. The molecule has 8 heteroatoms. The third kappa shape index (κ3) is 3.21. The molecule has 0 aromatic heterocycles. The lowest BCUT2D eigenvalue weighted by Crippen LogP contribution is -2.28. The van der Waals surface area contributed by atoms with Gasteiger partial charge in [0.25, 0.3) is 5.69 Å². The first-order valence-corrected chi connectivity index (χ1v) is 6.25. The SMILES string of the molecule is O=[N+]([O-])c1ccc(OC2CCCC(O)C2)c([N+](=O)[O-])c1. The molecule has 0 aliphatic heterocycles. The summed E-state index contributed by atoms with van der Waals surface area (Å²) in [7, 11) is 0. The van der Waals surface area contributed by atoms with Crippen molar-refractivity contribution >= 4 is 11.4 Å². The second kappa shape index (κ2) is 5.83. The van der Waals surface area contributed by atoms with Gasteiger partial charge in [0.2, 0.25) is 0 Å². The molecule has 1 aliphatic carbocycles. The molecule has 0 bridgehead atoms. The molecule has 1 aliphatic rings. The summed E-state index contributed by atoms with van der Waals surface area (Å²) in [4.78, 5) is 20.2. The summed E-state index contributed by atoms with van der Waals surface area (Å²) in [6.45, 7) is 0. The van der Waals surface area contributed by atoms with Gasteiger partial charge in [0, 0.05) is 12.5 Å². The van der Waals surface area contributed by atoms with Crippen LogP contribution in [-0.4, -0.2) is 27.2 Å². The second-order valence-electron chi connectivity index (χ2n) is 4.73. The summed E-state index contributed by atoms with van der Waals surface area (Å²) in [6, 6.07) is 3.29. The smallest absolute Gasteiger partial charge is 0.317 e. The Balaban J connectivity index is 2.22. The van der Waals surface area contributed by atoms with Gasteiger partial charge < -0.3 is 9.84 Å². The fraction of sp³-hybridized carbons (Fsp3) is 0.500. The van der Waals surface area contributed by atoms with Gasteiger partial charge in [0.1, 0.15) is 6.10 Å². The quantitative estimate of drug-likeness (QED) is 0.668. The molecular weight excluding hydrogens is 268 g/mol. The standard InChI is InChI=1S/C12H14N2O6/c15-9-2-1-3-10(7-9)20-12-5-4-8(13(16)17)6-11(12)14(18)19/h4-6,9-10,15H,1-3,7H2. The number of hydrogen-bond donors (Lipinski definition) is 1. The number of nitrogens with zero attached hydrogens (tertiary/aromatic N) is 2. The topological polar surface area (TPSA) is 116 Å². The highest BCUT2D eigenvalue weighted by Gasteiger charge is 2.26. The van der Waals surface area contributed by atoms with Gasteiger partial charge in [0.15, 0.2) is 5.75 Å². The lowest BCUT2D eigenvalue weighted by atomic mass is 9.95. The Morgan fingerprint density at radius 1 is 1.20 bits per heavy atom. The third-order valence-corrected chi connectivity index (χ3v) is 3.24. The first-order valence-electron chi connectivity index (χ1n) is 6.25. The summed E-state index contributed by atoms with van der Waals surface area (Å²) in [6.07, 6.45) is 1.82. The molecule has 0 heterocycles. The molecule has 1 fully saturated rings. The van der Waals surface area contributed by atoms with Crippen molar-refractivity contribution in [3.63, 3.8) is 0 Å². The van der Waals surface area contributed by atoms with Crippen LogP contribution in [0.3, 0.4) is 0 Å². The van der Waals surface area contributed by atoms with Gasteiger partial charge >= 0.3 is 5.69 Å². The van der Waals surface area contributed by atoms with Crippen molar-refractivity contribution in [1.82, 2.24) is 0 Å². The molecule has 0 saturated heterocycles. The van der Waals surface area contributed by atoms with E-state index in [1.807, 2.05) is 0 Å². The van der Waals surface area contributed by atoms with Crippen molar-refractivity contribution in [3.8, 4) is 5.75 Å². The molecule has 0 spiro atoms. The van der Waals surface area contributed by atoms with Crippen molar-refractivity contribution in [1.29, 1.82) is 0 Å². The molecule has 108 valence electrons. The zero-order chi connectivity index (χ0) is 14.7. The minimum atomic E-state index is -0.707. The van der Waals surface area contributed by atoms with Gasteiger partial charge in [-0.05, 0) is 25.3 Å². The largest absolute Gasteiger partial charge is 0.483 e. The molecule has 2 atom stereocenters. The molecule has 2 unspecified atom stereocenters. The number of ether oxygens (including phenoxy) is 1. The normalized spacial score (nSPS) is 22.2. The Kier molecular flexibility index (Phi) is 4.14. The number of aliphatic hydroxyl groups excluding tert-OH is 1. The van der Waals surface area contributed by atoms with E-state index in [1.165, 1.54) is 12.1 Å². The van der Waals surface area contributed by atoms with E-state index in [-0.39, 0.29) is 17.5 Å². The van der Waals surface area contributed by atoms with E-state index in [0.717, 1.165) is 12.5 Å². The Morgan fingerprint density at radius 2 is 1.95 bits per heavy atom. The summed E-state index contributed by atoms with van der Waals surface area (Å²) in [5.41, 5.74) is -0.785. The minimum absolute atomic E-state index is 0.000278. The van der Waals surface area contributed by atoms with Gasteiger partial charge in [-0.2, -0.15) is 0 Å². The van der Waals surface area contributed by atoms with E-state index >= 15 is 0 Å². The van der Waals surface area contributed by atoms with Crippen molar-refractivity contribution < 1.29 is 19.7 Å². The van der Waals surface area contributed by atoms with Crippen LogP contribution in [0.2, 0.25) is 0 Å². The van der Waals surface area contributed by atoms with Gasteiger partial charge in [-0.3, -0.25) is 20.2 Å². The molecule has 8 nitrogen and oxygen atoms in total. The van der Waals surface area contributed by atoms with Gasteiger partial charge in [-0.25, -0.2) is 0 Å². The van der Waals surface area contributed by atoms with Crippen LogP contribution in [0.15, 0.2) is 18.2 Å². The highest BCUT2D eigenvalue weighted by atomic mass is 16.6. The van der Waals surface area contributed by atoms with Crippen LogP contribution in [0.1, 0.15) is 25.7 Å².